The standard InChI is InChI=1S/C20H19ClN4O2S/c1-3-27-20(26)24-18-17(15-9-7-13(2)8-10-15)23-19(28-18)25-22-12-14-5-4-6-16(21)11-14/h4-12H,3H2,1-2H3,(H,23,25)(H,24,26). The van der Waals surface area contributed by atoms with Crippen molar-refractivity contribution < 1.29 is 9.53 Å². The van der Waals surface area contributed by atoms with E-state index < -0.39 is 6.09 Å². The van der Waals surface area contributed by atoms with Crippen LogP contribution in [0.5, 0.6) is 0 Å². The van der Waals surface area contributed by atoms with Gasteiger partial charge in [-0.3, -0.25) is 10.7 Å². The molecule has 0 unspecified atom stereocenters. The molecular weight excluding hydrogens is 396 g/mol. The van der Waals surface area contributed by atoms with Gasteiger partial charge < -0.3 is 4.74 Å². The summed E-state index contributed by atoms with van der Waals surface area (Å²) in [5.74, 6) is 0. The number of carbonyl (C=O) groups is 1. The molecule has 6 nitrogen and oxygen atoms in total. The van der Waals surface area contributed by atoms with Crippen LogP contribution in [0.15, 0.2) is 53.6 Å². The topological polar surface area (TPSA) is 75.6 Å². The molecule has 0 aliphatic rings. The van der Waals surface area contributed by atoms with Crippen LogP contribution in [-0.2, 0) is 4.74 Å². The summed E-state index contributed by atoms with van der Waals surface area (Å²) in [5.41, 5.74) is 6.45. The molecule has 2 aromatic carbocycles. The predicted molar refractivity (Wildman–Crippen MR) is 116 cm³/mol. The van der Waals surface area contributed by atoms with E-state index in [0.29, 0.717) is 27.5 Å². The number of anilines is 2. The van der Waals surface area contributed by atoms with Gasteiger partial charge in [0.05, 0.1) is 12.8 Å². The molecule has 2 N–H and O–H groups in total. The Hall–Kier alpha value is -2.90. The van der Waals surface area contributed by atoms with Crippen molar-refractivity contribution in [1.82, 2.24) is 4.98 Å². The molecular formula is C20H19ClN4O2S. The number of carbonyl (C=O) groups excluding carboxylic acids is 1. The van der Waals surface area contributed by atoms with Gasteiger partial charge >= 0.3 is 6.09 Å². The number of benzene rings is 2. The van der Waals surface area contributed by atoms with Gasteiger partial charge in [-0.05, 0) is 31.5 Å². The summed E-state index contributed by atoms with van der Waals surface area (Å²) in [7, 11) is 0. The number of hydrazone groups is 1. The Morgan fingerprint density at radius 3 is 2.79 bits per heavy atom. The van der Waals surface area contributed by atoms with E-state index in [1.165, 1.54) is 11.3 Å². The van der Waals surface area contributed by atoms with E-state index in [2.05, 4.69) is 20.8 Å². The Balaban J connectivity index is 1.83. The van der Waals surface area contributed by atoms with Crippen LogP contribution in [-0.4, -0.2) is 23.9 Å². The molecule has 0 aliphatic carbocycles. The molecule has 1 heterocycles. The minimum absolute atomic E-state index is 0.291. The highest BCUT2D eigenvalue weighted by atomic mass is 35.5. The zero-order valence-corrected chi connectivity index (χ0v) is 17.0. The van der Waals surface area contributed by atoms with Crippen LogP contribution in [0.2, 0.25) is 5.02 Å². The number of hydrogen-bond donors (Lipinski definition) is 2. The van der Waals surface area contributed by atoms with Crippen molar-refractivity contribution >= 4 is 45.4 Å². The smallest absolute Gasteiger partial charge is 0.412 e. The van der Waals surface area contributed by atoms with Gasteiger partial charge in [0.15, 0.2) is 0 Å². The third-order valence-electron chi connectivity index (χ3n) is 3.67. The summed E-state index contributed by atoms with van der Waals surface area (Å²) in [6.07, 6.45) is 1.13. The number of rotatable bonds is 6. The minimum Gasteiger partial charge on any atom is -0.450 e. The van der Waals surface area contributed by atoms with Gasteiger partial charge in [0.25, 0.3) is 0 Å². The number of aromatic nitrogens is 1. The van der Waals surface area contributed by atoms with Crippen molar-refractivity contribution in [3.8, 4) is 11.3 Å². The third kappa shape index (κ3) is 5.31. The van der Waals surface area contributed by atoms with Gasteiger partial charge in [0, 0.05) is 10.6 Å². The Labute approximate surface area is 172 Å². The lowest BCUT2D eigenvalue weighted by molar-refractivity contribution is 0.168. The number of nitrogens with one attached hydrogen (secondary N) is 2. The fraction of sp³-hybridized carbons (Fsp3) is 0.150. The maximum absolute atomic E-state index is 11.9. The third-order valence-corrected chi connectivity index (χ3v) is 4.78. The SMILES string of the molecule is CCOC(=O)Nc1sc(NN=Cc2cccc(Cl)c2)nc1-c1ccc(C)cc1. The number of amides is 1. The van der Waals surface area contributed by atoms with Crippen molar-refractivity contribution in [2.24, 2.45) is 5.10 Å². The number of ether oxygens (including phenoxy) is 1. The predicted octanol–water partition coefficient (Wildman–Crippen LogP) is 5.79. The molecule has 0 saturated carbocycles. The van der Waals surface area contributed by atoms with E-state index >= 15 is 0 Å². The van der Waals surface area contributed by atoms with Crippen molar-refractivity contribution in [3.05, 3.63) is 64.7 Å². The van der Waals surface area contributed by atoms with Crippen LogP contribution < -0.4 is 10.7 Å². The number of hydrogen-bond acceptors (Lipinski definition) is 6. The number of aryl methyl sites for hydroxylation is 1. The van der Waals surface area contributed by atoms with E-state index in [1.807, 2.05) is 43.3 Å². The molecule has 8 heteroatoms. The fourth-order valence-electron chi connectivity index (χ4n) is 2.37. The molecule has 0 bridgehead atoms. The van der Waals surface area contributed by atoms with E-state index in [-0.39, 0.29) is 0 Å². The second kappa shape index (κ2) is 9.34. The molecule has 3 rings (SSSR count). The zero-order chi connectivity index (χ0) is 19.9. The van der Waals surface area contributed by atoms with Gasteiger partial charge in [0.1, 0.15) is 10.7 Å². The second-order valence-corrected chi connectivity index (χ2v) is 7.27. The van der Waals surface area contributed by atoms with E-state index in [4.69, 9.17) is 16.3 Å². The first-order valence-electron chi connectivity index (χ1n) is 8.61. The van der Waals surface area contributed by atoms with Crippen LogP contribution >= 0.6 is 22.9 Å². The van der Waals surface area contributed by atoms with Gasteiger partial charge in [-0.1, -0.05) is 64.9 Å². The normalized spacial score (nSPS) is 10.8. The number of nitrogens with zero attached hydrogens (tertiary/aromatic N) is 2. The van der Waals surface area contributed by atoms with Crippen LogP contribution in [0.4, 0.5) is 14.9 Å². The lowest BCUT2D eigenvalue weighted by Crippen LogP contribution is -2.12. The summed E-state index contributed by atoms with van der Waals surface area (Å²) in [6.45, 7) is 4.06. The quantitative estimate of drug-likeness (QED) is 0.395. The van der Waals surface area contributed by atoms with E-state index in [9.17, 15) is 4.79 Å². The molecule has 144 valence electrons. The first-order valence-corrected chi connectivity index (χ1v) is 9.81. The van der Waals surface area contributed by atoms with Gasteiger partial charge in [-0.15, -0.1) is 0 Å². The minimum atomic E-state index is -0.520. The van der Waals surface area contributed by atoms with Gasteiger partial charge in [0.2, 0.25) is 5.13 Å². The van der Waals surface area contributed by atoms with Crippen molar-refractivity contribution in [2.75, 3.05) is 17.3 Å². The van der Waals surface area contributed by atoms with Crippen molar-refractivity contribution in [1.29, 1.82) is 0 Å². The number of thiazole rings is 1. The fourth-order valence-corrected chi connectivity index (χ4v) is 3.39. The molecule has 0 radical (unpaired) electrons. The highest BCUT2D eigenvalue weighted by molar-refractivity contribution is 7.20. The Morgan fingerprint density at radius 1 is 1.29 bits per heavy atom. The van der Waals surface area contributed by atoms with E-state index in [0.717, 1.165) is 16.7 Å². The Morgan fingerprint density at radius 2 is 2.07 bits per heavy atom. The highest BCUT2D eigenvalue weighted by Crippen LogP contribution is 2.36. The first kappa shape index (κ1) is 19.9. The lowest BCUT2D eigenvalue weighted by atomic mass is 10.1. The molecule has 28 heavy (non-hydrogen) atoms. The molecule has 1 aromatic heterocycles. The lowest BCUT2D eigenvalue weighted by Gasteiger charge is -2.05. The van der Waals surface area contributed by atoms with Crippen molar-refractivity contribution in [3.63, 3.8) is 0 Å². The van der Waals surface area contributed by atoms with Gasteiger partial charge in [-0.25, -0.2) is 9.78 Å². The summed E-state index contributed by atoms with van der Waals surface area (Å²) >= 11 is 7.25. The maximum Gasteiger partial charge on any atom is 0.412 e. The molecule has 1 amide bonds. The Kier molecular flexibility index (Phi) is 6.62. The van der Waals surface area contributed by atoms with Crippen molar-refractivity contribution in [2.45, 2.75) is 13.8 Å². The molecule has 0 fully saturated rings. The first-order chi connectivity index (χ1) is 13.5. The summed E-state index contributed by atoms with van der Waals surface area (Å²) in [5, 5.41) is 8.71. The van der Waals surface area contributed by atoms with Gasteiger partial charge in [-0.2, -0.15) is 5.10 Å². The van der Waals surface area contributed by atoms with Crippen LogP contribution in [0, 0.1) is 6.92 Å². The second-order valence-electron chi connectivity index (χ2n) is 5.83. The summed E-state index contributed by atoms with van der Waals surface area (Å²) in [6, 6.07) is 15.3. The highest BCUT2D eigenvalue weighted by Gasteiger charge is 2.16. The monoisotopic (exact) mass is 414 g/mol. The molecule has 0 aliphatic heterocycles. The van der Waals surface area contributed by atoms with Crippen LogP contribution in [0.25, 0.3) is 11.3 Å². The summed E-state index contributed by atoms with van der Waals surface area (Å²) in [4.78, 5) is 16.4. The average Bonchev–Trinajstić information content (AvgIpc) is 3.05. The molecule has 3 aromatic rings. The van der Waals surface area contributed by atoms with E-state index in [1.54, 1.807) is 25.3 Å². The Bertz CT molecular complexity index is 986. The zero-order valence-electron chi connectivity index (χ0n) is 15.4. The maximum atomic E-state index is 11.9. The summed E-state index contributed by atoms with van der Waals surface area (Å²) < 4.78 is 4.98. The van der Waals surface area contributed by atoms with Crippen LogP contribution in [0.3, 0.4) is 0 Å². The van der Waals surface area contributed by atoms with Crippen LogP contribution in [0.1, 0.15) is 18.1 Å². The molecule has 0 saturated heterocycles. The number of halogens is 1. The average molecular weight is 415 g/mol. The largest absolute Gasteiger partial charge is 0.450 e. The molecule has 0 atom stereocenters. The molecule has 0 spiro atoms.